The smallest absolute Gasteiger partial charge is 0.239 e. The molecular weight excluding hydrogens is 204 g/mol. The summed E-state index contributed by atoms with van der Waals surface area (Å²) in [5.74, 6) is -0.729. The minimum atomic E-state index is -0.627. The Morgan fingerprint density at radius 2 is 1.88 bits per heavy atom. The molecule has 0 saturated carbocycles. The number of amides is 2. The Balaban J connectivity index is 2.52. The maximum Gasteiger partial charge on any atom is 0.239 e. The fourth-order valence-corrected chi connectivity index (χ4v) is 1.25. The molecule has 0 saturated heterocycles. The number of nitrogens with two attached hydrogens (primary N) is 1. The Morgan fingerprint density at radius 1 is 1.31 bits per heavy atom. The molecule has 0 aliphatic rings. The summed E-state index contributed by atoms with van der Waals surface area (Å²) in [5, 5.41) is 2.53. The highest BCUT2D eigenvalue weighted by atomic mass is 16.2. The van der Waals surface area contributed by atoms with Crippen molar-refractivity contribution in [1.29, 1.82) is 0 Å². The molecule has 2 amide bonds. The van der Waals surface area contributed by atoms with Crippen molar-refractivity contribution in [3.63, 3.8) is 0 Å². The standard InChI is InChI=1S/C12H16N2O2/c1-8-3-5-10(6-4-8)7-11(15)14-9(2)12(13)16/h3-6,9H,7H2,1-2H3,(H2,13,16)(H,14,15). The Labute approximate surface area is 94.8 Å². The highest BCUT2D eigenvalue weighted by Crippen LogP contribution is 2.03. The number of hydrogen-bond donors (Lipinski definition) is 2. The minimum absolute atomic E-state index is 0.199. The average Bonchev–Trinajstić information content (AvgIpc) is 2.21. The number of hydrogen-bond acceptors (Lipinski definition) is 2. The van der Waals surface area contributed by atoms with Gasteiger partial charge in [-0.3, -0.25) is 9.59 Å². The first kappa shape index (κ1) is 12.2. The zero-order valence-corrected chi connectivity index (χ0v) is 9.49. The highest BCUT2D eigenvalue weighted by molar-refractivity contribution is 5.87. The van der Waals surface area contributed by atoms with Crippen LogP contribution < -0.4 is 11.1 Å². The number of primary amides is 1. The van der Waals surface area contributed by atoms with Gasteiger partial charge in [-0.05, 0) is 19.4 Å². The van der Waals surface area contributed by atoms with E-state index in [1.165, 1.54) is 0 Å². The van der Waals surface area contributed by atoms with Gasteiger partial charge >= 0.3 is 0 Å². The minimum Gasteiger partial charge on any atom is -0.368 e. The van der Waals surface area contributed by atoms with Gasteiger partial charge in [0.15, 0.2) is 0 Å². The lowest BCUT2D eigenvalue weighted by Gasteiger charge is -2.09. The van der Waals surface area contributed by atoms with Crippen LogP contribution in [0.5, 0.6) is 0 Å². The molecule has 0 heterocycles. The van der Waals surface area contributed by atoms with Crippen LogP contribution in [0.2, 0.25) is 0 Å². The molecule has 1 aromatic rings. The van der Waals surface area contributed by atoms with Crippen molar-refractivity contribution in [3.8, 4) is 0 Å². The summed E-state index contributed by atoms with van der Waals surface area (Å²) >= 11 is 0. The summed E-state index contributed by atoms with van der Waals surface area (Å²) in [7, 11) is 0. The average molecular weight is 220 g/mol. The van der Waals surface area contributed by atoms with Crippen LogP contribution in [-0.4, -0.2) is 17.9 Å². The van der Waals surface area contributed by atoms with Gasteiger partial charge in [0.2, 0.25) is 11.8 Å². The van der Waals surface area contributed by atoms with Crippen LogP contribution >= 0.6 is 0 Å². The first-order valence-corrected chi connectivity index (χ1v) is 5.13. The molecule has 0 fully saturated rings. The molecule has 0 spiro atoms. The zero-order chi connectivity index (χ0) is 12.1. The van der Waals surface area contributed by atoms with E-state index in [1.54, 1.807) is 6.92 Å². The highest BCUT2D eigenvalue weighted by Gasteiger charge is 2.11. The molecule has 0 aromatic heterocycles. The monoisotopic (exact) mass is 220 g/mol. The quantitative estimate of drug-likeness (QED) is 0.776. The van der Waals surface area contributed by atoms with Crippen molar-refractivity contribution >= 4 is 11.8 Å². The van der Waals surface area contributed by atoms with E-state index in [0.29, 0.717) is 0 Å². The van der Waals surface area contributed by atoms with Crippen molar-refractivity contribution in [2.45, 2.75) is 26.3 Å². The van der Waals surface area contributed by atoms with E-state index in [4.69, 9.17) is 5.73 Å². The van der Waals surface area contributed by atoms with E-state index in [0.717, 1.165) is 11.1 Å². The lowest BCUT2D eigenvalue weighted by Crippen LogP contribution is -2.42. The Hall–Kier alpha value is -1.84. The summed E-state index contributed by atoms with van der Waals surface area (Å²) in [5.41, 5.74) is 7.11. The van der Waals surface area contributed by atoms with Crippen LogP contribution in [0, 0.1) is 6.92 Å². The molecule has 1 aromatic carbocycles. The van der Waals surface area contributed by atoms with Gasteiger partial charge in [-0.25, -0.2) is 0 Å². The molecule has 0 radical (unpaired) electrons. The molecule has 1 unspecified atom stereocenters. The van der Waals surface area contributed by atoms with Crippen molar-refractivity contribution in [2.24, 2.45) is 5.73 Å². The van der Waals surface area contributed by atoms with E-state index in [2.05, 4.69) is 5.32 Å². The van der Waals surface area contributed by atoms with Crippen molar-refractivity contribution in [2.75, 3.05) is 0 Å². The second-order valence-corrected chi connectivity index (χ2v) is 3.85. The molecule has 16 heavy (non-hydrogen) atoms. The van der Waals surface area contributed by atoms with Crippen LogP contribution in [0.3, 0.4) is 0 Å². The van der Waals surface area contributed by atoms with Crippen LogP contribution in [0.1, 0.15) is 18.1 Å². The second-order valence-electron chi connectivity index (χ2n) is 3.85. The van der Waals surface area contributed by atoms with Crippen LogP contribution in [-0.2, 0) is 16.0 Å². The van der Waals surface area contributed by atoms with Crippen LogP contribution in [0.25, 0.3) is 0 Å². The molecular formula is C12H16N2O2. The summed E-state index contributed by atoms with van der Waals surface area (Å²) in [6, 6.07) is 7.05. The second kappa shape index (κ2) is 5.30. The third-order valence-corrected chi connectivity index (χ3v) is 2.29. The predicted octanol–water partition coefficient (Wildman–Crippen LogP) is 0.528. The first-order chi connectivity index (χ1) is 7.49. The molecule has 0 aliphatic carbocycles. The van der Waals surface area contributed by atoms with Gasteiger partial charge in [0, 0.05) is 0 Å². The number of nitrogens with one attached hydrogen (secondary N) is 1. The third-order valence-electron chi connectivity index (χ3n) is 2.29. The first-order valence-electron chi connectivity index (χ1n) is 5.13. The van der Waals surface area contributed by atoms with Gasteiger partial charge < -0.3 is 11.1 Å². The molecule has 4 nitrogen and oxygen atoms in total. The molecule has 4 heteroatoms. The Kier molecular flexibility index (Phi) is 4.05. The van der Waals surface area contributed by atoms with Crippen molar-refractivity contribution in [1.82, 2.24) is 5.32 Å². The normalized spacial score (nSPS) is 11.9. The number of benzene rings is 1. The van der Waals surface area contributed by atoms with E-state index in [-0.39, 0.29) is 12.3 Å². The lowest BCUT2D eigenvalue weighted by molar-refractivity contribution is -0.126. The van der Waals surface area contributed by atoms with Gasteiger partial charge in [-0.15, -0.1) is 0 Å². The number of carbonyl (C=O) groups is 2. The summed E-state index contributed by atoms with van der Waals surface area (Å²) in [4.78, 5) is 22.2. The molecule has 0 bridgehead atoms. The number of rotatable bonds is 4. The summed E-state index contributed by atoms with van der Waals surface area (Å²) in [6.45, 7) is 3.55. The molecule has 1 rings (SSSR count). The van der Waals surface area contributed by atoms with Gasteiger partial charge in [-0.2, -0.15) is 0 Å². The number of aryl methyl sites for hydroxylation is 1. The maximum absolute atomic E-state index is 11.5. The SMILES string of the molecule is Cc1ccc(CC(=O)NC(C)C(N)=O)cc1. The van der Waals surface area contributed by atoms with Gasteiger partial charge in [0.05, 0.1) is 6.42 Å². The largest absolute Gasteiger partial charge is 0.368 e. The topological polar surface area (TPSA) is 72.2 Å². The zero-order valence-electron chi connectivity index (χ0n) is 9.49. The maximum atomic E-state index is 11.5. The fraction of sp³-hybridized carbons (Fsp3) is 0.333. The summed E-state index contributed by atoms with van der Waals surface area (Å²) in [6.07, 6.45) is 0.262. The third kappa shape index (κ3) is 3.73. The van der Waals surface area contributed by atoms with Gasteiger partial charge in [0.1, 0.15) is 6.04 Å². The van der Waals surface area contributed by atoms with E-state index in [9.17, 15) is 9.59 Å². The molecule has 0 aliphatic heterocycles. The van der Waals surface area contributed by atoms with Crippen molar-refractivity contribution < 1.29 is 9.59 Å². The predicted molar refractivity (Wildman–Crippen MR) is 61.7 cm³/mol. The van der Waals surface area contributed by atoms with Gasteiger partial charge in [0.25, 0.3) is 0 Å². The van der Waals surface area contributed by atoms with E-state index >= 15 is 0 Å². The fourth-order valence-electron chi connectivity index (χ4n) is 1.25. The lowest BCUT2D eigenvalue weighted by atomic mass is 10.1. The van der Waals surface area contributed by atoms with Gasteiger partial charge in [-0.1, -0.05) is 29.8 Å². The molecule has 3 N–H and O–H groups in total. The molecule has 86 valence electrons. The van der Waals surface area contributed by atoms with E-state index < -0.39 is 11.9 Å². The van der Waals surface area contributed by atoms with Crippen LogP contribution in [0.15, 0.2) is 24.3 Å². The Bertz CT molecular complexity index is 385. The van der Waals surface area contributed by atoms with E-state index in [1.807, 2.05) is 31.2 Å². The van der Waals surface area contributed by atoms with Crippen LogP contribution in [0.4, 0.5) is 0 Å². The van der Waals surface area contributed by atoms with Crippen molar-refractivity contribution in [3.05, 3.63) is 35.4 Å². The molecule has 1 atom stereocenters. The summed E-state index contributed by atoms with van der Waals surface area (Å²) < 4.78 is 0. The Morgan fingerprint density at radius 3 is 2.38 bits per heavy atom. The number of carbonyl (C=O) groups excluding carboxylic acids is 2.